The number of hydrogen-bond acceptors (Lipinski definition) is 4. The van der Waals surface area contributed by atoms with Crippen molar-refractivity contribution in [1.82, 2.24) is 5.32 Å². The first kappa shape index (κ1) is 26.4. The van der Waals surface area contributed by atoms with Gasteiger partial charge in [0.25, 0.3) is 0 Å². The summed E-state index contributed by atoms with van der Waals surface area (Å²) in [6.45, 7) is 15.9. The van der Waals surface area contributed by atoms with Crippen LogP contribution in [-0.4, -0.2) is 25.3 Å². The highest BCUT2D eigenvalue weighted by Gasteiger charge is 2.65. The number of halogens is 1. The third-order valence-corrected chi connectivity index (χ3v) is 11.8. The Labute approximate surface area is 207 Å². The first-order chi connectivity index (χ1) is 16.2. The van der Waals surface area contributed by atoms with Crippen molar-refractivity contribution in [2.75, 3.05) is 6.54 Å². The van der Waals surface area contributed by atoms with E-state index in [1.165, 1.54) is 57.8 Å². The Hall–Kier alpha value is -0.680. The number of rotatable bonds is 5. The van der Waals surface area contributed by atoms with Gasteiger partial charge in [0.15, 0.2) is 0 Å². The standard InChI is InChI=1S/C28H49NO.CHFO2/c1-7-17(2)16-29-26-19(4)25-24(30-26)15-23-21-9-8-20-14-18(3)10-12-27(20,5)22(21)11-13-28(23,25)6;2-4-1-3/h17-26,29H,7-16H2,1-6H3;1H/t17-,18?,19-,20?,21+,22?,23?,24-,25?,26-,27-,28-;/m0./s1. The first-order valence-electron chi connectivity index (χ1n) is 14.3. The molecule has 0 aromatic carbocycles. The molecule has 0 spiro atoms. The van der Waals surface area contributed by atoms with E-state index < -0.39 is 0 Å². The highest BCUT2D eigenvalue weighted by molar-refractivity contribution is 5.35. The quantitative estimate of drug-likeness (QED) is 0.434. The van der Waals surface area contributed by atoms with Crippen LogP contribution in [0.15, 0.2) is 0 Å². The molecule has 196 valence electrons. The molecular weight excluding hydrogens is 429 g/mol. The molecule has 0 aromatic rings. The van der Waals surface area contributed by atoms with Gasteiger partial charge in [-0.1, -0.05) is 54.4 Å². The second-order valence-corrected chi connectivity index (χ2v) is 13.4. The van der Waals surface area contributed by atoms with Gasteiger partial charge >= 0.3 is 6.47 Å². The maximum Gasteiger partial charge on any atom is 0.337 e. The molecular formula is C29H50FNO3. The van der Waals surface area contributed by atoms with Crippen molar-refractivity contribution < 1.29 is 19.0 Å². The van der Waals surface area contributed by atoms with Crippen LogP contribution < -0.4 is 5.32 Å². The van der Waals surface area contributed by atoms with Gasteiger partial charge in [-0.2, -0.15) is 0 Å². The third kappa shape index (κ3) is 4.46. The molecule has 5 heteroatoms. The zero-order chi connectivity index (χ0) is 24.7. The molecule has 4 nitrogen and oxygen atoms in total. The fraction of sp³-hybridized carbons (Fsp3) is 0.966. The molecule has 0 bridgehead atoms. The molecule has 1 heterocycles. The molecule has 34 heavy (non-hydrogen) atoms. The molecule has 4 aliphatic carbocycles. The maximum absolute atomic E-state index is 9.85. The lowest BCUT2D eigenvalue weighted by molar-refractivity contribution is -0.165. The van der Waals surface area contributed by atoms with Crippen LogP contribution in [0.2, 0.25) is 0 Å². The van der Waals surface area contributed by atoms with Crippen molar-refractivity contribution in [3.05, 3.63) is 0 Å². The predicted molar refractivity (Wildman–Crippen MR) is 133 cm³/mol. The summed E-state index contributed by atoms with van der Waals surface area (Å²) >= 11 is 0. The summed E-state index contributed by atoms with van der Waals surface area (Å²) in [5.41, 5.74) is 1.16. The van der Waals surface area contributed by atoms with Crippen LogP contribution in [0, 0.1) is 58.2 Å². The highest BCUT2D eigenvalue weighted by atomic mass is 19.3. The van der Waals surface area contributed by atoms with Crippen molar-refractivity contribution in [3.63, 3.8) is 0 Å². The SMILES string of the molecule is CC[C@H](C)CN[C@H]1O[C@H]2CC3[C@@H]4CCC5CC(C)CC[C@]5(C)C4CC[C@]3(C)C2[C@@H]1C.O=COF. The highest BCUT2D eigenvalue weighted by Crippen LogP contribution is 2.70. The number of nitrogens with one attached hydrogen (secondary N) is 1. The zero-order valence-electron chi connectivity index (χ0n) is 22.5. The summed E-state index contributed by atoms with van der Waals surface area (Å²) in [6.07, 6.45) is 13.9. The number of carbonyl (C=O) groups is 1. The normalized spacial score (nSPS) is 50.0. The van der Waals surface area contributed by atoms with E-state index in [0.717, 1.165) is 48.0 Å². The second-order valence-electron chi connectivity index (χ2n) is 13.4. The lowest BCUT2D eigenvalue weighted by atomic mass is 9.44. The van der Waals surface area contributed by atoms with Gasteiger partial charge in [0, 0.05) is 17.0 Å². The van der Waals surface area contributed by atoms with Gasteiger partial charge in [-0.15, -0.1) is 0 Å². The fourth-order valence-corrected chi connectivity index (χ4v) is 9.78. The summed E-state index contributed by atoms with van der Waals surface area (Å²) in [4.78, 5) is 10.9. The van der Waals surface area contributed by atoms with E-state index in [9.17, 15) is 4.53 Å². The minimum absolute atomic E-state index is 0.289. The van der Waals surface area contributed by atoms with Gasteiger partial charge in [-0.25, -0.2) is 0 Å². The van der Waals surface area contributed by atoms with E-state index in [1.54, 1.807) is 0 Å². The smallest absolute Gasteiger partial charge is 0.337 e. The van der Waals surface area contributed by atoms with Crippen LogP contribution in [0.5, 0.6) is 0 Å². The molecule has 1 saturated heterocycles. The number of hydrogen-bond donors (Lipinski definition) is 1. The van der Waals surface area contributed by atoms with E-state index in [2.05, 4.69) is 51.8 Å². The van der Waals surface area contributed by atoms with Gasteiger partial charge in [-0.05, 0) is 97.2 Å². The Morgan fingerprint density at radius 1 is 1.09 bits per heavy atom. The largest absolute Gasteiger partial charge is 0.360 e. The third-order valence-electron chi connectivity index (χ3n) is 11.8. The fourth-order valence-electron chi connectivity index (χ4n) is 9.78. The molecule has 1 N–H and O–H groups in total. The Bertz CT molecular complexity index is 705. The lowest BCUT2D eigenvalue weighted by Crippen LogP contribution is -2.54. The van der Waals surface area contributed by atoms with E-state index in [1.807, 2.05) is 0 Å². The molecule has 0 amide bonds. The lowest BCUT2D eigenvalue weighted by Gasteiger charge is -2.61. The van der Waals surface area contributed by atoms with Crippen molar-refractivity contribution >= 4 is 6.47 Å². The van der Waals surface area contributed by atoms with Crippen LogP contribution in [0.1, 0.15) is 99.3 Å². The molecule has 12 atom stereocenters. The topological polar surface area (TPSA) is 47.6 Å². The summed E-state index contributed by atoms with van der Waals surface area (Å²) < 4.78 is 16.6. The number of carbonyl (C=O) groups excluding carboxylic acids is 1. The van der Waals surface area contributed by atoms with Crippen LogP contribution >= 0.6 is 0 Å². The zero-order valence-corrected chi connectivity index (χ0v) is 22.5. The van der Waals surface area contributed by atoms with Crippen LogP contribution in [-0.2, 0) is 14.5 Å². The Balaban J connectivity index is 0.000000636. The molecule has 4 saturated carbocycles. The minimum atomic E-state index is -0.292. The molecule has 1 aliphatic heterocycles. The molecule has 5 aliphatic rings. The minimum Gasteiger partial charge on any atom is -0.360 e. The molecule has 5 rings (SSSR count). The average molecular weight is 480 g/mol. The van der Waals surface area contributed by atoms with Crippen molar-refractivity contribution in [3.8, 4) is 0 Å². The summed E-state index contributed by atoms with van der Waals surface area (Å²) in [5.74, 6) is 7.05. The monoisotopic (exact) mass is 479 g/mol. The molecule has 5 fully saturated rings. The molecule has 5 unspecified atom stereocenters. The summed E-state index contributed by atoms with van der Waals surface area (Å²) in [6, 6.07) is 0. The van der Waals surface area contributed by atoms with Gasteiger partial charge < -0.3 is 4.74 Å². The van der Waals surface area contributed by atoms with Crippen LogP contribution in [0.25, 0.3) is 0 Å². The Morgan fingerprint density at radius 2 is 1.79 bits per heavy atom. The van der Waals surface area contributed by atoms with Gasteiger partial charge in [0.2, 0.25) is 0 Å². The van der Waals surface area contributed by atoms with Crippen LogP contribution in [0.3, 0.4) is 0 Å². The van der Waals surface area contributed by atoms with E-state index in [-0.39, 0.29) is 12.7 Å². The molecule has 0 radical (unpaired) electrons. The Morgan fingerprint density at radius 3 is 2.47 bits per heavy atom. The molecule has 0 aromatic heterocycles. The number of fused-ring (bicyclic) bond motifs is 7. The van der Waals surface area contributed by atoms with E-state index in [4.69, 9.17) is 9.53 Å². The Kier molecular flexibility index (Phi) is 8.04. The maximum atomic E-state index is 9.85. The van der Waals surface area contributed by atoms with Crippen LogP contribution in [0.4, 0.5) is 4.53 Å². The van der Waals surface area contributed by atoms with Gasteiger partial charge in [0.05, 0.1) is 6.10 Å². The van der Waals surface area contributed by atoms with E-state index in [0.29, 0.717) is 22.9 Å². The van der Waals surface area contributed by atoms with Crippen molar-refractivity contribution in [2.45, 2.75) is 112 Å². The second kappa shape index (κ2) is 10.4. The van der Waals surface area contributed by atoms with Gasteiger partial charge in [0.1, 0.15) is 6.23 Å². The van der Waals surface area contributed by atoms with Crippen molar-refractivity contribution in [1.29, 1.82) is 0 Å². The van der Waals surface area contributed by atoms with Gasteiger partial charge in [-0.3, -0.25) is 15.1 Å². The van der Waals surface area contributed by atoms with E-state index >= 15 is 0 Å². The summed E-state index contributed by atoms with van der Waals surface area (Å²) in [5, 5.41) is 3.80. The first-order valence-corrected chi connectivity index (χ1v) is 14.3. The predicted octanol–water partition coefficient (Wildman–Crippen LogP) is 6.93. The average Bonchev–Trinajstić information content (AvgIpc) is 3.31. The number of ether oxygens (including phenoxy) is 1. The van der Waals surface area contributed by atoms with Crippen molar-refractivity contribution in [2.24, 2.45) is 58.2 Å². The summed E-state index contributed by atoms with van der Waals surface area (Å²) in [7, 11) is 0.